The Morgan fingerprint density at radius 3 is 2.93 bits per heavy atom. The number of thioether (sulfide) groups is 1. The minimum atomic E-state index is -0.241. The Bertz CT molecular complexity index is 262. The van der Waals surface area contributed by atoms with Crippen molar-refractivity contribution in [1.29, 1.82) is 0 Å². The van der Waals surface area contributed by atoms with Crippen LogP contribution in [0.25, 0.3) is 0 Å². The third-order valence-electron chi connectivity index (χ3n) is 2.00. The summed E-state index contributed by atoms with van der Waals surface area (Å²) < 4.78 is 1.88. The molecular weight excluding hydrogens is 196 g/mol. The third-order valence-corrected chi connectivity index (χ3v) is 3.03. The van der Waals surface area contributed by atoms with Gasteiger partial charge in [0.2, 0.25) is 0 Å². The average Bonchev–Trinajstić information content (AvgIpc) is 2.62. The third kappa shape index (κ3) is 3.72. The number of hydrogen-bond donors (Lipinski definition) is 1. The van der Waals surface area contributed by atoms with Crippen LogP contribution in [0.5, 0.6) is 0 Å². The monoisotopic (exact) mass is 214 g/mol. The van der Waals surface area contributed by atoms with Gasteiger partial charge in [0, 0.05) is 24.9 Å². The van der Waals surface area contributed by atoms with E-state index in [9.17, 15) is 5.11 Å². The smallest absolute Gasteiger partial charge is 0.0672 e. The van der Waals surface area contributed by atoms with Gasteiger partial charge in [-0.15, -0.1) is 0 Å². The van der Waals surface area contributed by atoms with E-state index in [1.165, 1.54) is 0 Å². The molecule has 0 bridgehead atoms. The molecule has 0 saturated heterocycles. The first kappa shape index (κ1) is 11.6. The first-order valence-corrected chi connectivity index (χ1v) is 6.18. The fourth-order valence-electron chi connectivity index (χ4n) is 1.27. The molecule has 0 aliphatic rings. The zero-order valence-electron chi connectivity index (χ0n) is 8.81. The van der Waals surface area contributed by atoms with Gasteiger partial charge in [-0.05, 0) is 18.2 Å². The second-order valence-electron chi connectivity index (χ2n) is 3.22. The van der Waals surface area contributed by atoms with Crippen molar-refractivity contribution in [1.82, 2.24) is 9.78 Å². The first-order chi connectivity index (χ1) is 6.76. The highest BCUT2D eigenvalue weighted by atomic mass is 32.2. The van der Waals surface area contributed by atoms with Gasteiger partial charge in [0.05, 0.1) is 12.3 Å². The van der Waals surface area contributed by atoms with Crippen molar-refractivity contribution >= 4 is 11.8 Å². The van der Waals surface area contributed by atoms with E-state index in [1.54, 1.807) is 11.8 Å². The molecule has 0 fully saturated rings. The second kappa shape index (κ2) is 6.09. The Morgan fingerprint density at radius 1 is 1.57 bits per heavy atom. The van der Waals surface area contributed by atoms with Gasteiger partial charge in [-0.1, -0.05) is 6.92 Å². The van der Waals surface area contributed by atoms with E-state index in [0.717, 1.165) is 23.6 Å². The molecule has 1 N–H and O–H groups in total. The van der Waals surface area contributed by atoms with Gasteiger partial charge in [-0.3, -0.25) is 4.68 Å². The molecule has 0 amide bonds. The molecule has 1 aromatic rings. The van der Waals surface area contributed by atoms with Crippen molar-refractivity contribution in [3.05, 3.63) is 18.0 Å². The molecule has 0 aliphatic heterocycles. The summed E-state index contributed by atoms with van der Waals surface area (Å²) in [6.07, 6.45) is 4.31. The van der Waals surface area contributed by atoms with Crippen LogP contribution in [0.2, 0.25) is 0 Å². The number of rotatable bonds is 6. The van der Waals surface area contributed by atoms with Crippen LogP contribution in [-0.4, -0.2) is 32.5 Å². The summed E-state index contributed by atoms with van der Waals surface area (Å²) in [7, 11) is 0. The van der Waals surface area contributed by atoms with Crippen molar-refractivity contribution < 1.29 is 5.11 Å². The number of aliphatic hydroxyl groups excluding tert-OH is 1. The van der Waals surface area contributed by atoms with Gasteiger partial charge >= 0.3 is 0 Å². The maximum absolute atomic E-state index is 9.66. The van der Waals surface area contributed by atoms with Crippen LogP contribution in [0.3, 0.4) is 0 Å². The number of aryl methyl sites for hydroxylation is 1. The molecule has 1 aromatic heterocycles. The molecule has 4 heteroatoms. The largest absolute Gasteiger partial charge is 0.392 e. The molecule has 1 unspecified atom stereocenters. The molecule has 1 rings (SSSR count). The molecule has 14 heavy (non-hydrogen) atoms. The predicted octanol–water partition coefficient (Wildman–Crippen LogP) is 1.56. The van der Waals surface area contributed by atoms with E-state index in [1.807, 2.05) is 17.1 Å². The maximum atomic E-state index is 9.66. The summed E-state index contributed by atoms with van der Waals surface area (Å²) in [6, 6.07) is 0. The lowest BCUT2D eigenvalue weighted by molar-refractivity contribution is 0.200. The van der Waals surface area contributed by atoms with E-state index >= 15 is 0 Å². The Labute approximate surface area is 89.5 Å². The number of aliphatic hydroxyl groups is 1. The lowest BCUT2D eigenvalue weighted by atomic mass is 10.2. The first-order valence-electron chi connectivity index (χ1n) is 5.03. The molecule has 0 aliphatic carbocycles. The van der Waals surface area contributed by atoms with E-state index in [2.05, 4.69) is 18.9 Å². The SMILES string of the molecule is CCSCC(O)Cc1cnn(CC)c1. The minimum Gasteiger partial charge on any atom is -0.392 e. The summed E-state index contributed by atoms with van der Waals surface area (Å²) in [5.74, 6) is 1.87. The summed E-state index contributed by atoms with van der Waals surface area (Å²) in [4.78, 5) is 0. The van der Waals surface area contributed by atoms with Gasteiger partial charge in [0.1, 0.15) is 0 Å². The summed E-state index contributed by atoms with van der Waals surface area (Å²) >= 11 is 1.77. The highest BCUT2D eigenvalue weighted by Crippen LogP contribution is 2.08. The number of aromatic nitrogens is 2. The topological polar surface area (TPSA) is 38.1 Å². The van der Waals surface area contributed by atoms with Crippen LogP contribution in [0.4, 0.5) is 0 Å². The predicted molar refractivity (Wildman–Crippen MR) is 60.6 cm³/mol. The summed E-state index contributed by atoms with van der Waals surface area (Å²) in [6.45, 7) is 5.05. The van der Waals surface area contributed by atoms with Gasteiger partial charge in [-0.2, -0.15) is 16.9 Å². The number of hydrogen-bond acceptors (Lipinski definition) is 3. The zero-order chi connectivity index (χ0) is 10.4. The lowest BCUT2D eigenvalue weighted by Gasteiger charge is -2.07. The van der Waals surface area contributed by atoms with Gasteiger partial charge in [0.15, 0.2) is 0 Å². The molecule has 0 spiro atoms. The highest BCUT2D eigenvalue weighted by Gasteiger charge is 2.06. The fraction of sp³-hybridized carbons (Fsp3) is 0.700. The quantitative estimate of drug-likeness (QED) is 0.781. The van der Waals surface area contributed by atoms with Crippen LogP contribution in [0.1, 0.15) is 19.4 Å². The van der Waals surface area contributed by atoms with E-state index in [-0.39, 0.29) is 6.10 Å². The molecule has 1 atom stereocenters. The van der Waals surface area contributed by atoms with Crippen LogP contribution in [-0.2, 0) is 13.0 Å². The van der Waals surface area contributed by atoms with Crippen molar-refractivity contribution in [2.24, 2.45) is 0 Å². The molecular formula is C10H18N2OS. The van der Waals surface area contributed by atoms with E-state index in [0.29, 0.717) is 6.42 Å². The van der Waals surface area contributed by atoms with Crippen molar-refractivity contribution in [2.75, 3.05) is 11.5 Å². The van der Waals surface area contributed by atoms with E-state index < -0.39 is 0 Å². The van der Waals surface area contributed by atoms with Crippen LogP contribution in [0.15, 0.2) is 12.4 Å². The van der Waals surface area contributed by atoms with Gasteiger partial charge < -0.3 is 5.11 Å². The molecule has 0 saturated carbocycles. The zero-order valence-corrected chi connectivity index (χ0v) is 9.63. The van der Waals surface area contributed by atoms with Crippen LogP contribution in [0, 0.1) is 0 Å². The fourth-order valence-corrected chi connectivity index (χ4v) is 1.90. The van der Waals surface area contributed by atoms with Gasteiger partial charge in [0.25, 0.3) is 0 Å². The Kier molecular flexibility index (Phi) is 5.04. The molecule has 1 heterocycles. The Balaban J connectivity index is 2.35. The van der Waals surface area contributed by atoms with Crippen molar-refractivity contribution in [3.8, 4) is 0 Å². The number of nitrogens with zero attached hydrogens (tertiary/aromatic N) is 2. The molecule has 0 radical (unpaired) electrons. The van der Waals surface area contributed by atoms with Crippen LogP contribution < -0.4 is 0 Å². The maximum Gasteiger partial charge on any atom is 0.0672 e. The van der Waals surface area contributed by atoms with Crippen molar-refractivity contribution in [2.45, 2.75) is 32.9 Å². The van der Waals surface area contributed by atoms with Gasteiger partial charge in [-0.25, -0.2) is 0 Å². The Morgan fingerprint density at radius 2 is 2.36 bits per heavy atom. The normalized spacial score (nSPS) is 13.1. The highest BCUT2D eigenvalue weighted by molar-refractivity contribution is 7.99. The Hall–Kier alpha value is -0.480. The summed E-state index contributed by atoms with van der Waals surface area (Å²) in [5, 5.41) is 13.8. The summed E-state index contributed by atoms with van der Waals surface area (Å²) in [5.41, 5.74) is 1.12. The lowest BCUT2D eigenvalue weighted by Crippen LogP contribution is -2.13. The molecule has 80 valence electrons. The van der Waals surface area contributed by atoms with E-state index in [4.69, 9.17) is 0 Å². The van der Waals surface area contributed by atoms with Crippen molar-refractivity contribution in [3.63, 3.8) is 0 Å². The van der Waals surface area contributed by atoms with Crippen LogP contribution >= 0.6 is 11.8 Å². The standard InChI is InChI=1S/C10H18N2OS/c1-3-12-7-9(6-11-12)5-10(13)8-14-4-2/h6-7,10,13H,3-5,8H2,1-2H3. The molecule has 0 aromatic carbocycles. The average molecular weight is 214 g/mol. The molecule has 3 nitrogen and oxygen atoms in total. The second-order valence-corrected chi connectivity index (χ2v) is 4.54. The minimum absolute atomic E-state index is 0.241.